The summed E-state index contributed by atoms with van der Waals surface area (Å²) in [7, 11) is -4.02. The number of nitrogens with zero attached hydrogens (tertiary/aromatic N) is 1. The van der Waals surface area contributed by atoms with E-state index in [0.717, 1.165) is 6.07 Å². The number of benzene rings is 2. The maximum absolute atomic E-state index is 12.9. The highest BCUT2D eigenvalue weighted by molar-refractivity contribution is 7.89. The van der Waals surface area contributed by atoms with Crippen LogP contribution in [0.1, 0.15) is 43.6 Å². The molecular formula is C25H29F3N4O5S. The number of sulfonamides is 1. The topological polar surface area (TPSA) is 125 Å². The Balaban J connectivity index is 1.56. The average molecular weight is 555 g/mol. The molecule has 2 aromatic carbocycles. The Morgan fingerprint density at radius 2 is 1.63 bits per heavy atom. The van der Waals surface area contributed by atoms with Crippen LogP contribution in [0.2, 0.25) is 0 Å². The third-order valence-electron chi connectivity index (χ3n) is 5.83. The molecule has 0 aliphatic carbocycles. The van der Waals surface area contributed by atoms with E-state index in [1.807, 2.05) is 0 Å². The quantitative estimate of drug-likeness (QED) is 0.454. The zero-order valence-corrected chi connectivity index (χ0v) is 22.1. The molecule has 0 spiro atoms. The lowest BCUT2D eigenvalue weighted by molar-refractivity contribution is -0.170. The normalized spacial score (nSPS) is 15.7. The Bertz CT molecular complexity index is 1340. The minimum Gasteiger partial charge on any atom is -0.351 e. The number of hydrogen-bond acceptors (Lipinski definition) is 5. The van der Waals surface area contributed by atoms with E-state index in [-0.39, 0.29) is 36.0 Å². The number of fused-ring (bicyclic) bond motifs is 1. The largest absolute Gasteiger partial charge is 0.471 e. The third kappa shape index (κ3) is 6.70. The van der Waals surface area contributed by atoms with Crippen molar-refractivity contribution in [2.45, 2.75) is 51.2 Å². The molecule has 206 valence electrons. The van der Waals surface area contributed by atoms with Crippen molar-refractivity contribution in [3.63, 3.8) is 0 Å². The molecule has 1 unspecified atom stereocenters. The zero-order chi connectivity index (χ0) is 28.5. The van der Waals surface area contributed by atoms with Crippen LogP contribution in [0.3, 0.4) is 0 Å². The van der Waals surface area contributed by atoms with Gasteiger partial charge in [-0.15, -0.1) is 0 Å². The van der Waals surface area contributed by atoms with Crippen LogP contribution in [0, 0.1) is 5.41 Å². The maximum Gasteiger partial charge on any atom is 0.471 e. The molecule has 9 nitrogen and oxygen atoms in total. The summed E-state index contributed by atoms with van der Waals surface area (Å²) in [6, 6.07) is 9.01. The van der Waals surface area contributed by atoms with E-state index in [1.165, 1.54) is 31.2 Å². The highest BCUT2D eigenvalue weighted by Gasteiger charge is 2.47. The first kappa shape index (κ1) is 29.1. The van der Waals surface area contributed by atoms with E-state index in [1.54, 1.807) is 32.9 Å². The van der Waals surface area contributed by atoms with E-state index in [4.69, 9.17) is 0 Å². The van der Waals surface area contributed by atoms with Gasteiger partial charge in [-0.3, -0.25) is 14.4 Å². The van der Waals surface area contributed by atoms with Gasteiger partial charge in [0.15, 0.2) is 0 Å². The molecule has 13 heteroatoms. The molecule has 1 atom stereocenters. The second-order valence-corrected chi connectivity index (χ2v) is 11.7. The smallest absolute Gasteiger partial charge is 0.351 e. The van der Waals surface area contributed by atoms with Gasteiger partial charge in [0.25, 0.3) is 5.91 Å². The van der Waals surface area contributed by atoms with Crippen LogP contribution in [0.5, 0.6) is 0 Å². The van der Waals surface area contributed by atoms with Gasteiger partial charge >= 0.3 is 12.1 Å². The third-order valence-corrected chi connectivity index (χ3v) is 7.29. The number of hydrogen-bond donors (Lipinski definition) is 3. The van der Waals surface area contributed by atoms with Crippen molar-refractivity contribution in [3.05, 3.63) is 53.6 Å². The molecule has 0 fully saturated rings. The minimum absolute atomic E-state index is 0.0232. The molecule has 1 heterocycles. The fourth-order valence-electron chi connectivity index (χ4n) is 3.79. The standard InChI is InChI=1S/C25H29F3N4O5S/c1-15-13-17-14-19(9-10-20(17)32(15)23(35)25(26,27)28)38(36,37)30-12-11-29-21(33)16-5-7-18(8-6-16)31-22(34)24(2,3)4/h5-10,14-15,30H,11-13H2,1-4H3,(H,29,33)(H,31,34). The second-order valence-electron chi connectivity index (χ2n) is 9.95. The van der Waals surface area contributed by atoms with Crippen molar-refractivity contribution < 1.29 is 36.0 Å². The van der Waals surface area contributed by atoms with Gasteiger partial charge in [-0.05, 0) is 61.4 Å². The highest BCUT2D eigenvalue weighted by atomic mass is 32.2. The molecular weight excluding hydrogens is 525 g/mol. The lowest BCUT2D eigenvalue weighted by Crippen LogP contribution is -2.44. The molecule has 38 heavy (non-hydrogen) atoms. The number of anilines is 2. The summed E-state index contributed by atoms with van der Waals surface area (Å²) in [5.41, 5.74) is 0.605. The van der Waals surface area contributed by atoms with Gasteiger partial charge in [0.05, 0.1) is 4.90 Å². The van der Waals surface area contributed by atoms with Crippen LogP contribution in [0.4, 0.5) is 24.5 Å². The van der Waals surface area contributed by atoms with Gasteiger partial charge in [0.2, 0.25) is 15.9 Å². The van der Waals surface area contributed by atoms with E-state index in [2.05, 4.69) is 15.4 Å². The first-order chi connectivity index (χ1) is 17.5. The van der Waals surface area contributed by atoms with Crippen molar-refractivity contribution in [1.29, 1.82) is 0 Å². The van der Waals surface area contributed by atoms with Crippen molar-refractivity contribution in [1.82, 2.24) is 10.0 Å². The van der Waals surface area contributed by atoms with Gasteiger partial charge in [-0.25, -0.2) is 13.1 Å². The average Bonchev–Trinajstić information content (AvgIpc) is 3.15. The first-order valence-electron chi connectivity index (χ1n) is 11.7. The number of rotatable bonds is 7. The van der Waals surface area contributed by atoms with Gasteiger partial charge in [0.1, 0.15) is 0 Å². The number of amides is 3. The Kier molecular flexibility index (Phi) is 8.22. The fraction of sp³-hybridized carbons (Fsp3) is 0.400. The van der Waals surface area contributed by atoms with Gasteiger partial charge in [-0.2, -0.15) is 13.2 Å². The second kappa shape index (κ2) is 10.7. The molecule has 1 aliphatic rings. The van der Waals surface area contributed by atoms with E-state index < -0.39 is 39.5 Å². The SMILES string of the molecule is CC1Cc2cc(S(=O)(=O)NCCNC(=O)c3ccc(NC(=O)C(C)(C)C)cc3)ccc2N1C(=O)C(F)(F)F. The number of carbonyl (C=O) groups is 3. The fourth-order valence-corrected chi connectivity index (χ4v) is 4.87. The van der Waals surface area contributed by atoms with Crippen LogP contribution in [-0.2, 0) is 26.0 Å². The number of carbonyl (C=O) groups excluding carboxylic acids is 3. The van der Waals surface area contributed by atoms with E-state index in [0.29, 0.717) is 21.7 Å². The molecule has 3 amide bonds. The van der Waals surface area contributed by atoms with Gasteiger partial charge < -0.3 is 15.5 Å². The predicted octanol–water partition coefficient (Wildman–Crippen LogP) is 3.22. The van der Waals surface area contributed by atoms with Crippen LogP contribution in [-0.4, -0.2) is 51.4 Å². The van der Waals surface area contributed by atoms with Crippen molar-refractivity contribution in [2.75, 3.05) is 23.3 Å². The van der Waals surface area contributed by atoms with Crippen LogP contribution in [0.15, 0.2) is 47.4 Å². The van der Waals surface area contributed by atoms with Gasteiger partial charge in [-0.1, -0.05) is 20.8 Å². The van der Waals surface area contributed by atoms with Crippen LogP contribution in [0.25, 0.3) is 0 Å². The zero-order valence-electron chi connectivity index (χ0n) is 21.3. The molecule has 0 aromatic heterocycles. The van der Waals surface area contributed by atoms with Crippen LogP contribution < -0.4 is 20.3 Å². The van der Waals surface area contributed by atoms with Crippen molar-refractivity contribution >= 4 is 39.1 Å². The number of nitrogens with one attached hydrogen (secondary N) is 3. The summed E-state index contributed by atoms with van der Waals surface area (Å²) in [5, 5.41) is 5.33. The molecule has 0 saturated carbocycles. The maximum atomic E-state index is 12.9. The molecule has 0 bridgehead atoms. The number of halogens is 3. The molecule has 1 aliphatic heterocycles. The minimum atomic E-state index is -5.04. The molecule has 3 rings (SSSR count). The monoisotopic (exact) mass is 554 g/mol. The Labute approximate surface area is 218 Å². The lowest BCUT2D eigenvalue weighted by Gasteiger charge is -2.23. The Hall–Kier alpha value is -3.45. The lowest BCUT2D eigenvalue weighted by atomic mass is 9.95. The van der Waals surface area contributed by atoms with Crippen molar-refractivity contribution in [3.8, 4) is 0 Å². The molecule has 2 aromatic rings. The molecule has 0 radical (unpaired) electrons. The summed E-state index contributed by atoms with van der Waals surface area (Å²) in [5.74, 6) is -2.62. The summed E-state index contributed by atoms with van der Waals surface area (Å²) >= 11 is 0. The van der Waals surface area contributed by atoms with E-state index >= 15 is 0 Å². The summed E-state index contributed by atoms with van der Waals surface area (Å²) in [6.07, 6.45) is -4.97. The molecule has 0 saturated heterocycles. The Morgan fingerprint density at radius 1 is 1.00 bits per heavy atom. The summed E-state index contributed by atoms with van der Waals surface area (Å²) in [6.45, 7) is 6.61. The number of alkyl halides is 3. The highest BCUT2D eigenvalue weighted by Crippen LogP contribution is 2.36. The van der Waals surface area contributed by atoms with Crippen molar-refractivity contribution in [2.24, 2.45) is 5.41 Å². The summed E-state index contributed by atoms with van der Waals surface area (Å²) < 4.78 is 66.5. The predicted molar refractivity (Wildman–Crippen MR) is 135 cm³/mol. The van der Waals surface area contributed by atoms with Crippen LogP contribution >= 0.6 is 0 Å². The Morgan fingerprint density at radius 3 is 2.21 bits per heavy atom. The molecule has 3 N–H and O–H groups in total. The van der Waals surface area contributed by atoms with E-state index in [9.17, 15) is 36.0 Å². The summed E-state index contributed by atoms with van der Waals surface area (Å²) in [4.78, 5) is 36.6. The first-order valence-corrected chi connectivity index (χ1v) is 13.2. The van der Waals surface area contributed by atoms with Gasteiger partial charge in [0, 0.05) is 41.5 Å².